The molecule has 1 atom stereocenters. The first kappa shape index (κ1) is 9.00. The first-order valence-electron chi connectivity index (χ1n) is 5.30. The second kappa shape index (κ2) is 4.09. The normalized spacial score (nSPS) is 29.4. The van der Waals surface area contributed by atoms with Gasteiger partial charge in [0.15, 0.2) is 0 Å². The number of carbonyl (C=O) groups excluding carboxylic acids is 1. The van der Waals surface area contributed by atoms with Gasteiger partial charge in [-0.15, -0.1) is 0 Å². The fourth-order valence-corrected chi connectivity index (χ4v) is 1.79. The van der Waals surface area contributed by atoms with Crippen LogP contribution in [0.3, 0.4) is 0 Å². The highest BCUT2D eigenvalue weighted by Crippen LogP contribution is 2.23. The van der Waals surface area contributed by atoms with E-state index < -0.39 is 0 Å². The summed E-state index contributed by atoms with van der Waals surface area (Å²) in [5, 5.41) is 3.20. The van der Waals surface area contributed by atoms with E-state index in [9.17, 15) is 4.79 Å². The van der Waals surface area contributed by atoms with Crippen molar-refractivity contribution in [2.75, 3.05) is 6.54 Å². The zero-order valence-electron chi connectivity index (χ0n) is 7.92. The SMILES string of the molecule is O=C(OC1CCC1)[C@@H]1CCCCN1. The van der Waals surface area contributed by atoms with E-state index >= 15 is 0 Å². The summed E-state index contributed by atoms with van der Waals surface area (Å²) in [7, 11) is 0. The molecule has 0 radical (unpaired) electrons. The van der Waals surface area contributed by atoms with E-state index in [0.717, 1.165) is 32.2 Å². The van der Waals surface area contributed by atoms with Gasteiger partial charge in [0.2, 0.25) is 0 Å². The Bertz CT molecular complexity index is 183. The second-order valence-corrected chi connectivity index (χ2v) is 3.99. The van der Waals surface area contributed by atoms with Crippen molar-refractivity contribution >= 4 is 5.97 Å². The highest BCUT2D eigenvalue weighted by Gasteiger charge is 2.27. The molecule has 13 heavy (non-hydrogen) atoms. The minimum absolute atomic E-state index is 0.0191. The van der Waals surface area contributed by atoms with Crippen LogP contribution in [0.15, 0.2) is 0 Å². The Balaban J connectivity index is 1.74. The third-order valence-corrected chi connectivity index (χ3v) is 2.93. The van der Waals surface area contributed by atoms with Crippen molar-refractivity contribution in [2.24, 2.45) is 0 Å². The molecule has 2 aliphatic rings. The third kappa shape index (κ3) is 2.21. The molecule has 0 unspecified atom stereocenters. The Kier molecular flexibility index (Phi) is 2.83. The van der Waals surface area contributed by atoms with Gasteiger partial charge in [0.1, 0.15) is 12.1 Å². The summed E-state index contributed by atoms with van der Waals surface area (Å²) in [5.41, 5.74) is 0. The predicted molar refractivity (Wildman–Crippen MR) is 49.4 cm³/mol. The molecule has 0 spiro atoms. The molecule has 0 aromatic heterocycles. The molecule has 2 fully saturated rings. The monoisotopic (exact) mass is 183 g/mol. The number of hydrogen-bond donors (Lipinski definition) is 1. The van der Waals surface area contributed by atoms with Crippen molar-refractivity contribution in [3.05, 3.63) is 0 Å². The van der Waals surface area contributed by atoms with Crippen LogP contribution in [0.5, 0.6) is 0 Å². The Morgan fingerprint density at radius 3 is 2.54 bits per heavy atom. The topological polar surface area (TPSA) is 38.3 Å². The molecular formula is C10H17NO2. The van der Waals surface area contributed by atoms with Crippen LogP contribution in [-0.2, 0) is 9.53 Å². The van der Waals surface area contributed by atoms with E-state index in [1.54, 1.807) is 0 Å². The molecule has 1 aliphatic heterocycles. The predicted octanol–water partition coefficient (Wildman–Crippen LogP) is 1.22. The van der Waals surface area contributed by atoms with Crippen molar-refractivity contribution in [2.45, 2.75) is 50.7 Å². The van der Waals surface area contributed by atoms with Gasteiger partial charge in [0, 0.05) is 0 Å². The molecule has 0 amide bonds. The van der Waals surface area contributed by atoms with Gasteiger partial charge < -0.3 is 10.1 Å². The lowest BCUT2D eigenvalue weighted by Crippen LogP contribution is -2.43. The third-order valence-electron chi connectivity index (χ3n) is 2.93. The van der Waals surface area contributed by atoms with Gasteiger partial charge in [0.25, 0.3) is 0 Å². The smallest absolute Gasteiger partial charge is 0.323 e. The van der Waals surface area contributed by atoms with E-state index in [1.165, 1.54) is 12.8 Å². The maximum absolute atomic E-state index is 11.5. The number of esters is 1. The highest BCUT2D eigenvalue weighted by atomic mass is 16.5. The molecular weight excluding hydrogens is 166 g/mol. The maximum Gasteiger partial charge on any atom is 0.323 e. The van der Waals surface area contributed by atoms with Crippen LogP contribution in [0.25, 0.3) is 0 Å². The molecule has 0 aromatic carbocycles. The van der Waals surface area contributed by atoms with E-state index in [0.29, 0.717) is 0 Å². The summed E-state index contributed by atoms with van der Waals surface area (Å²) < 4.78 is 5.32. The molecule has 74 valence electrons. The zero-order valence-corrected chi connectivity index (χ0v) is 7.92. The molecule has 3 nitrogen and oxygen atoms in total. The lowest BCUT2D eigenvalue weighted by molar-refractivity contribution is -0.156. The summed E-state index contributed by atoms with van der Waals surface area (Å²) in [6.45, 7) is 0.963. The molecule has 3 heteroatoms. The zero-order chi connectivity index (χ0) is 9.10. The minimum atomic E-state index is -0.0237. The Labute approximate surface area is 78.8 Å². The van der Waals surface area contributed by atoms with Crippen LogP contribution in [0.1, 0.15) is 38.5 Å². The summed E-state index contributed by atoms with van der Waals surface area (Å²) in [4.78, 5) is 11.5. The van der Waals surface area contributed by atoms with Gasteiger partial charge in [-0.3, -0.25) is 4.79 Å². The molecule has 0 bridgehead atoms. The Hall–Kier alpha value is -0.570. The first-order chi connectivity index (χ1) is 6.36. The van der Waals surface area contributed by atoms with E-state index in [4.69, 9.17) is 4.74 Å². The van der Waals surface area contributed by atoms with Crippen molar-refractivity contribution in [3.63, 3.8) is 0 Å². The summed E-state index contributed by atoms with van der Waals surface area (Å²) in [6, 6.07) is -0.0191. The van der Waals surface area contributed by atoms with E-state index in [1.807, 2.05) is 0 Å². The average Bonchev–Trinajstić information content (AvgIpc) is 2.12. The number of nitrogens with one attached hydrogen (secondary N) is 1. The Morgan fingerprint density at radius 1 is 1.15 bits per heavy atom. The van der Waals surface area contributed by atoms with Gasteiger partial charge >= 0.3 is 5.97 Å². The maximum atomic E-state index is 11.5. The highest BCUT2D eigenvalue weighted by molar-refractivity contribution is 5.76. The molecule has 2 rings (SSSR count). The van der Waals surface area contributed by atoms with Gasteiger partial charge in [-0.2, -0.15) is 0 Å². The number of ether oxygens (including phenoxy) is 1. The fourth-order valence-electron chi connectivity index (χ4n) is 1.79. The number of hydrogen-bond acceptors (Lipinski definition) is 3. The van der Waals surface area contributed by atoms with Crippen molar-refractivity contribution < 1.29 is 9.53 Å². The van der Waals surface area contributed by atoms with Crippen LogP contribution < -0.4 is 5.32 Å². The largest absolute Gasteiger partial charge is 0.461 e. The quantitative estimate of drug-likeness (QED) is 0.654. The summed E-state index contributed by atoms with van der Waals surface area (Å²) in [6.07, 6.45) is 6.87. The Morgan fingerprint density at radius 2 is 2.00 bits per heavy atom. The van der Waals surface area contributed by atoms with Gasteiger partial charge in [0.05, 0.1) is 0 Å². The van der Waals surface area contributed by atoms with Crippen molar-refractivity contribution in [3.8, 4) is 0 Å². The lowest BCUT2D eigenvalue weighted by atomic mass is 9.96. The second-order valence-electron chi connectivity index (χ2n) is 3.99. The van der Waals surface area contributed by atoms with Crippen LogP contribution >= 0.6 is 0 Å². The molecule has 1 aliphatic carbocycles. The van der Waals surface area contributed by atoms with Gasteiger partial charge in [-0.25, -0.2) is 0 Å². The van der Waals surface area contributed by atoms with E-state index in [2.05, 4.69) is 5.32 Å². The fraction of sp³-hybridized carbons (Fsp3) is 0.900. The summed E-state index contributed by atoms with van der Waals surface area (Å²) in [5.74, 6) is -0.0237. The standard InChI is InChI=1S/C10H17NO2/c12-10(13-8-4-3-5-8)9-6-1-2-7-11-9/h8-9,11H,1-7H2/t9-/m0/s1. The molecule has 1 saturated carbocycles. The average molecular weight is 183 g/mol. The lowest BCUT2D eigenvalue weighted by Gasteiger charge is -2.29. The van der Waals surface area contributed by atoms with Crippen molar-refractivity contribution in [1.29, 1.82) is 0 Å². The summed E-state index contributed by atoms with van der Waals surface area (Å²) >= 11 is 0. The number of carbonyl (C=O) groups is 1. The number of rotatable bonds is 2. The van der Waals surface area contributed by atoms with Crippen molar-refractivity contribution in [1.82, 2.24) is 5.32 Å². The van der Waals surface area contributed by atoms with Crippen LogP contribution in [0.2, 0.25) is 0 Å². The first-order valence-corrected chi connectivity index (χ1v) is 5.30. The van der Waals surface area contributed by atoms with E-state index in [-0.39, 0.29) is 18.1 Å². The molecule has 0 aromatic rings. The molecule has 1 saturated heterocycles. The molecule has 1 N–H and O–H groups in total. The molecule has 1 heterocycles. The number of piperidine rings is 1. The van der Waals surface area contributed by atoms with Crippen LogP contribution in [-0.4, -0.2) is 24.7 Å². The van der Waals surface area contributed by atoms with Gasteiger partial charge in [-0.05, 0) is 38.6 Å². The van der Waals surface area contributed by atoms with Crippen LogP contribution in [0, 0.1) is 0 Å². The minimum Gasteiger partial charge on any atom is -0.461 e. The van der Waals surface area contributed by atoms with Gasteiger partial charge in [-0.1, -0.05) is 6.42 Å². The van der Waals surface area contributed by atoms with Crippen LogP contribution in [0.4, 0.5) is 0 Å².